The first-order valence-corrected chi connectivity index (χ1v) is 11.9. The number of hydrogen-bond acceptors (Lipinski definition) is 7. The van der Waals surface area contributed by atoms with Crippen molar-refractivity contribution in [3.63, 3.8) is 0 Å². The maximum Gasteiger partial charge on any atom is 0.419 e. The lowest BCUT2D eigenvalue weighted by molar-refractivity contribution is -0.139. The minimum Gasteiger partial charge on any atom is -0.383 e. The van der Waals surface area contributed by atoms with Crippen LogP contribution in [0, 0.1) is 5.82 Å². The number of halogens is 4. The molecule has 188 valence electrons. The molecule has 3 N–H and O–H groups in total. The van der Waals surface area contributed by atoms with Crippen LogP contribution in [0.5, 0.6) is 0 Å². The number of anilines is 2. The lowest BCUT2D eigenvalue weighted by Gasteiger charge is -2.35. The fraction of sp³-hybridized carbons (Fsp3) is 0.417. The zero-order valence-corrected chi connectivity index (χ0v) is 19.3. The number of aromatic nitrogens is 4. The van der Waals surface area contributed by atoms with Crippen LogP contribution in [0.3, 0.4) is 0 Å². The summed E-state index contributed by atoms with van der Waals surface area (Å²) in [4.78, 5) is 19.8. The van der Waals surface area contributed by atoms with E-state index in [9.17, 15) is 17.6 Å². The normalized spacial score (nSPS) is 18.8. The van der Waals surface area contributed by atoms with E-state index in [4.69, 9.17) is 10.7 Å². The molecule has 6 rings (SSSR count). The summed E-state index contributed by atoms with van der Waals surface area (Å²) in [6.45, 7) is 3.63. The van der Waals surface area contributed by atoms with Gasteiger partial charge < -0.3 is 20.5 Å². The lowest BCUT2D eigenvalue weighted by atomic mass is 9.95. The maximum atomic E-state index is 13.8. The molecule has 0 radical (unpaired) electrons. The smallest absolute Gasteiger partial charge is 0.383 e. The van der Waals surface area contributed by atoms with Gasteiger partial charge in [-0.25, -0.2) is 19.3 Å². The highest BCUT2D eigenvalue weighted by Crippen LogP contribution is 2.37. The first kappa shape index (κ1) is 22.9. The van der Waals surface area contributed by atoms with Crippen molar-refractivity contribution in [2.24, 2.45) is 4.99 Å². The van der Waals surface area contributed by atoms with Gasteiger partial charge in [0, 0.05) is 43.9 Å². The molecule has 0 unspecified atom stereocenters. The average Bonchev–Trinajstić information content (AvgIpc) is 3.56. The highest BCUT2D eigenvalue weighted by molar-refractivity contribution is 6.16. The minimum atomic E-state index is -4.77. The van der Waals surface area contributed by atoms with E-state index in [0.29, 0.717) is 18.1 Å². The molecule has 0 saturated carbocycles. The van der Waals surface area contributed by atoms with Gasteiger partial charge in [0.1, 0.15) is 29.6 Å². The first-order valence-electron chi connectivity index (χ1n) is 11.9. The van der Waals surface area contributed by atoms with Crippen LogP contribution in [-0.4, -0.2) is 58.0 Å². The van der Waals surface area contributed by atoms with Crippen molar-refractivity contribution in [3.8, 4) is 11.3 Å². The van der Waals surface area contributed by atoms with E-state index in [-0.39, 0.29) is 17.5 Å². The lowest BCUT2D eigenvalue weighted by Crippen LogP contribution is -2.44. The Labute approximate surface area is 204 Å². The average molecular weight is 501 g/mol. The summed E-state index contributed by atoms with van der Waals surface area (Å²) in [7, 11) is 0. The summed E-state index contributed by atoms with van der Waals surface area (Å²) < 4.78 is 55.8. The van der Waals surface area contributed by atoms with Crippen molar-refractivity contribution in [2.75, 3.05) is 43.4 Å². The molecule has 2 fully saturated rings. The Morgan fingerprint density at radius 3 is 2.47 bits per heavy atom. The van der Waals surface area contributed by atoms with E-state index in [2.05, 4.69) is 29.7 Å². The molecule has 0 amide bonds. The summed E-state index contributed by atoms with van der Waals surface area (Å²) in [6.07, 6.45) is 0.0809. The molecule has 2 saturated heterocycles. The molecule has 2 aromatic heterocycles. The number of piperidine rings is 1. The largest absolute Gasteiger partial charge is 0.419 e. The molecule has 5 heterocycles. The summed E-state index contributed by atoms with van der Waals surface area (Å²) >= 11 is 0. The van der Waals surface area contributed by atoms with Crippen LogP contribution >= 0.6 is 0 Å². The second-order valence-electron chi connectivity index (χ2n) is 9.38. The molecule has 3 aromatic rings. The Bertz CT molecular complexity index is 1340. The molecule has 0 atom stereocenters. The van der Waals surface area contributed by atoms with Gasteiger partial charge in [0.2, 0.25) is 0 Å². The van der Waals surface area contributed by atoms with Crippen LogP contribution in [0.15, 0.2) is 35.7 Å². The molecule has 0 bridgehead atoms. The molecule has 12 heteroatoms. The summed E-state index contributed by atoms with van der Waals surface area (Å²) in [5, 5.41) is 3.24. The Morgan fingerprint density at radius 2 is 1.83 bits per heavy atom. The fourth-order valence-electron chi connectivity index (χ4n) is 4.97. The molecule has 36 heavy (non-hydrogen) atoms. The zero-order valence-electron chi connectivity index (χ0n) is 19.3. The third-order valence-corrected chi connectivity index (χ3v) is 7.10. The van der Waals surface area contributed by atoms with Crippen molar-refractivity contribution >= 4 is 17.3 Å². The van der Waals surface area contributed by atoms with Crippen molar-refractivity contribution in [1.29, 1.82) is 0 Å². The predicted octanol–water partition coefficient (Wildman–Crippen LogP) is 3.41. The molecule has 3 aliphatic heterocycles. The van der Waals surface area contributed by atoms with Gasteiger partial charge in [0.25, 0.3) is 0 Å². The quantitative estimate of drug-likeness (QED) is 0.522. The van der Waals surface area contributed by atoms with Crippen LogP contribution in [-0.2, 0) is 6.18 Å². The van der Waals surface area contributed by atoms with Crippen LogP contribution in [0.2, 0.25) is 0 Å². The Balaban J connectivity index is 1.27. The monoisotopic (exact) mass is 500 g/mol. The highest BCUT2D eigenvalue weighted by atomic mass is 19.4. The van der Waals surface area contributed by atoms with Crippen molar-refractivity contribution in [3.05, 3.63) is 53.5 Å². The van der Waals surface area contributed by atoms with Crippen molar-refractivity contribution in [2.45, 2.75) is 31.0 Å². The predicted molar refractivity (Wildman–Crippen MR) is 127 cm³/mol. The van der Waals surface area contributed by atoms with Gasteiger partial charge in [-0.1, -0.05) is 0 Å². The Kier molecular flexibility index (Phi) is 5.43. The van der Waals surface area contributed by atoms with Gasteiger partial charge in [-0.15, -0.1) is 0 Å². The number of nitrogens with one attached hydrogen (secondary N) is 1. The maximum absolute atomic E-state index is 13.8. The number of hydrogen-bond donors (Lipinski definition) is 2. The molecule has 3 aliphatic rings. The molecular weight excluding hydrogens is 476 g/mol. The summed E-state index contributed by atoms with van der Waals surface area (Å²) in [5.74, 6) is 0.898. The van der Waals surface area contributed by atoms with E-state index >= 15 is 0 Å². The van der Waals surface area contributed by atoms with Crippen LogP contribution in [0.4, 0.5) is 29.2 Å². The molecule has 8 nitrogen and oxygen atoms in total. The van der Waals surface area contributed by atoms with Gasteiger partial charge >= 0.3 is 6.18 Å². The van der Waals surface area contributed by atoms with E-state index < -0.39 is 17.6 Å². The Morgan fingerprint density at radius 1 is 1.08 bits per heavy atom. The number of imidazole rings is 1. The first-order chi connectivity index (χ1) is 17.3. The van der Waals surface area contributed by atoms with Gasteiger partial charge in [0.05, 0.1) is 35.1 Å². The molecule has 0 aliphatic carbocycles. The van der Waals surface area contributed by atoms with Gasteiger partial charge in [0.15, 0.2) is 0 Å². The third-order valence-electron chi connectivity index (χ3n) is 7.10. The second kappa shape index (κ2) is 8.54. The van der Waals surface area contributed by atoms with Crippen LogP contribution in [0.25, 0.3) is 11.3 Å². The van der Waals surface area contributed by atoms with Gasteiger partial charge in [-0.05, 0) is 31.0 Å². The van der Waals surface area contributed by atoms with Crippen LogP contribution < -0.4 is 16.0 Å². The SMILES string of the molecule is Nc1ncnc(N2CCC(c3nc(-c4ccc(F)c(C(F)(F)F)c4)cn3C3CNC3)CC2)c1C1=NC1. The van der Waals surface area contributed by atoms with Crippen LogP contribution in [0.1, 0.15) is 41.8 Å². The van der Waals surface area contributed by atoms with Gasteiger partial charge in [-0.2, -0.15) is 13.2 Å². The molecular formula is C24H24F4N8. The van der Waals surface area contributed by atoms with Crippen molar-refractivity contribution in [1.82, 2.24) is 24.8 Å². The number of nitrogen functional groups attached to an aromatic ring is 1. The number of rotatable bonds is 5. The number of benzene rings is 1. The van der Waals surface area contributed by atoms with Gasteiger partial charge in [-0.3, -0.25) is 4.99 Å². The second-order valence-corrected chi connectivity index (χ2v) is 9.38. The van der Waals surface area contributed by atoms with E-state index in [1.54, 1.807) is 6.20 Å². The topological polar surface area (TPSA) is 97.3 Å². The van der Waals surface area contributed by atoms with Crippen molar-refractivity contribution < 1.29 is 17.6 Å². The number of nitrogens with zero attached hydrogens (tertiary/aromatic N) is 6. The summed E-state index contributed by atoms with van der Waals surface area (Å²) in [5.41, 5.74) is 7.20. The van der Waals surface area contributed by atoms with E-state index in [1.807, 2.05) is 0 Å². The number of alkyl halides is 3. The number of nitrogens with two attached hydrogens (primary N) is 1. The highest BCUT2D eigenvalue weighted by Gasteiger charge is 2.35. The third kappa shape index (κ3) is 4.08. The zero-order chi connectivity index (χ0) is 25.0. The molecule has 0 spiro atoms. The van der Waals surface area contributed by atoms with E-state index in [0.717, 1.165) is 74.1 Å². The fourth-order valence-corrected chi connectivity index (χ4v) is 4.97. The standard InChI is InChI=1S/C24H24F4N8/c25-17-2-1-14(7-16(17)24(26,27)28)19-11-36(15-8-30-9-15)22(34-19)13-3-5-35(6-4-13)23-20(18-10-31-18)21(29)32-12-33-23/h1-2,7,11-13,15,30H,3-6,8-10H2,(H2,29,32,33). The minimum absolute atomic E-state index is 0.124. The number of aliphatic imine (C=N–C) groups is 1. The summed E-state index contributed by atoms with van der Waals surface area (Å²) in [6, 6.07) is 3.23. The Hall–Kier alpha value is -3.54. The molecule has 1 aromatic carbocycles. The van der Waals surface area contributed by atoms with E-state index in [1.165, 1.54) is 12.4 Å².